The van der Waals surface area contributed by atoms with Crippen molar-refractivity contribution in [3.05, 3.63) is 48.3 Å². The van der Waals surface area contributed by atoms with E-state index in [1.165, 1.54) is 18.5 Å². The molecule has 0 atom stereocenters. The van der Waals surface area contributed by atoms with Crippen molar-refractivity contribution in [3.8, 4) is 17.2 Å². The van der Waals surface area contributed by atoms with E-state index in [0.29, 0.717) is 23.9 Å². The maximum atomic E-state index is 10.8. The highest BCUT2D eigenvalue weighted by atomic mass is 16.5. The van der Waals surface area contributed by atoms with E-state index in [9.17, 15) is 4.79 Å². The van der Waals surface area contributed by atoms with Crippen LogP contribution in [0.25, 0.3) is 0 Å². The van der Waals surface area contributed by atoms with Crippen molar-refractivity contribution in [3.63, 3.8) is 0 Å². The summed E-state index contributed by atoms with van der Waals surface area (Å²) in [6.45, 7) is 2.47. The number of hydrogen-bond donors (Lipinski definition) is 1. The highest BCUT2D eigenvalue weighted by Gasteiger charge is 2.06. The molecule has 19 heavy (non-hydrogen) atoms. The lowest BCUT2D eigenvalue weighted by atomic mass is 10.3. The zero-order chi connectivity index (χ0) is 13.7. The minimum atomic E-state index is -1.04. The molecule has 0 aliphatic heterocycles. The highest BCUT2D eigenvalue weighted by Crippen LogP contribution is 2.25. The number of pyridine rings is 1. The Morgan fingerprint density at radius 2 is 2.00 bits per heavy atom. The molecule has 0 saturated heterocycles. The van der Waals surface area contributed by atoms with Gasteiger partial charge in [-0.3, -0.25) is 4.98 Å². The quantitative estimate of drug-likeness (QED) is 0.893. The summed E-state index contributed by atoms with van der Waals surface area (Å²) >= 11 is 0. The molecule has 0 spiro atoms. The molecular weight excluding hydrogens is 246 g/mol. The Morgan fingerprint density at radius 3 is 2.74 bits per heavy atom. The SMILES string of the molecule is CCOc1cccc(Oc2cncc(C(=O)O)c2)c1. The van der Waals surface area contributed by atoms with Crippen LogP contribution in [0.4, 0.5) is 0 Å². The number of carboxylic acid groups (broad SMARTS) is 1. The molecule has 0 fully saturated rings. The number of nitrogens with zero attached hydrogens (tertiary/aromatic N) is 1. The normalized spacial score (nSPS) is 9.95. The van der Waals surface area contributed by atoms with E-state index in [0.717, 1.165) is 0 Å². The summed E-state index contributed by atoms with van der Waals surface area (Å²) in [6, 6.07) is 8.53. The number of carbonyl (C=O) groups is 1. The van der Waals surface area contributed by atoms with E-state index in [1.54, 1.807) is 18.2 Å². The van der Waals surface area contributed by atoms with Crippen molar-refractivity contribution in [1.82, 2.24) is 4.98 Å². The summed E-state index contributed by atoms with van der Waals surface area (Å²) in [5.74, 6) is 0.590. The molecule has 0 aliphatic rings. The van der Waals surface area contributed by atoms with Gasteiger partial charge in [-0.25, -0.2) is 4.79 Å². The summed E-state index contributed by atoms with van der Waals surface area (Å²) in [4.78, 5) is 14.7. The first kappa shape index (κ1) is 12.9. The van der Waals surface area contributed by atoms with Crippen LogP contribution in [0.15, 0.2) is 42.7 Å². The standard InChI is InChI=1S/C14H13NO4/c1-2-18-11-4-3-5-12(7-11)19-13-6-10(14(16)17)8-15-9-13/h3-9H,2H2,1H3,(H,16,17). The molecule has 1 N–H and O–H groups in total. The van der Waals surface area contributed by atoms with Crippen LogP contribution in [-0.4, -0.2) is 22.7 Å². The van der Waals surface area contributed by atoms with E-state index in [1.807, 2.05) is 13.0 Å². The van der Waals surface area contributed by atoms with Gasteiger partial charge in [-0.15, -0.1) is 0 Å². The fraction of sp³-hybridized carbons (Fsp3) is 0.143. The molecule has 0 aliphatic carbocycles. The lowest BCUT2D eigenvalue weighted by Gasteiger charge is -2.08. The van der Waals surface area contributed by atoms with Crippen molar-refractivity contribution < 1.29 is 19.4 Å². The van der Waals surface area contributed by atoms with Crippen LogP contribution in [-0.2, 0) is 0 Å². The Hall–Kier alpha value is -2.56. The Bertz CT molecular complexity index is 583. The van der Waals surface area contributed by atoms with E-state index in [-0.39, 0.29) is 5.56 Å². The third-order valence-electron chi connectivity index (χ3n) is 2.31. The molecule has 0 unspecified atom stereocenters. The zero-order valence-electron chi connectivity index (χ0n) is 10.4. The third-order valence-corrected chi connectivity index (χ3v) is 2.31. The van der Waals surface area contributed by atoms with E-state index >= 15 is 0 Å². The van der Waals surface area contributed by atoms with Gasteiger partial charge in [-0.1, -0.05) is 6.07 Å². The topological polar surface area (TPSA) is 68.7 Å². The molecule has 0 amide bonds. The second kappa shape index (κ2) is 5.86. The summed E-state index contributed by atoms with van der Waals surface area (Å²) < 4.78 is 10.9. The van der Waals surface area contributed by atoms with Crippen molar-refractivity contribution >= 4 is 5.97 Å². The Labute approximate surface area is 110 Å². The van der Waals surface area contributed by atoms with Gasteiger partial charge in [0.15, 0.2) is 0 Å². The van der Waals surface area contributed by atoms with Gasteiger partial charge in [0.1, 0.15) is 17.2 Å². The molecule has 1 aromatic carbocycles. The maximum absolute atomic E-state index is 10.8. The van der Waals surface area contributed by atoms with Crippen LogP contribution >= 0.6 is 0 Å². The van der Waals surface area contributed by atoms with Gasteiger partial charge in [-0.05, 0) is 25.1 Å². The predicted molar refractivity (Wildman–Crippen MR) is 68.9 cm³/mol. The molecule has 1 heterocycles. The molecule has 5 heteroatoms. The lowest BCUT2D eigenvalue weighted by molar-refractivity contribution is 0.0696. The van der Waals surface area contributed by atoms with Gasteiger partial charge in [0.05, 0.1) is 18.4 Å². The van der Waals surface area contributed by atoms with Crippen LogP contribution in [0.5, 0.6) is 17.2 Å². The largest absolute Gasteiger partial charge is 0.494 e. The van der Waals surface area contributed by atoms with E-state index < -0.39 is 5.97 Å². The Kier molecular flexibility index (Phi) is 3.97. The summed E-state index contributed by atoms with van der Waals surface area (Å²) in [7, 11) is 0. The first-order valence-electron chi connectivity index (χ1n) is 5.78. The number of aromatic nitrogens is 1. The van der Waals surface area contributed by atoms with Crippen LogP contribution in [0.2, 0.25) is 0 Å². The van der Waals surface area contributed by atoms with Gasteiger partial charge in [-0.2, -0.15) is 0 Å². The summed E-state index contributed by atoms with van der Waals surface area (Å²) in [5, 5.41) is 8.87. The molecule has 2 rings (SSSR count). The Morgan fingerprint density at radius 1 is 1.21 bits per heavy atom. The van der Waals surface area contributed by atoms with E-state index in [4.69, 9.17) is 14.6 Å². The average Bonchev–Trinajstić information content (AvgIpc) is 2.40. The number of ether oxygens (including phenoxy) is 2. The average molecular weight is 259 g/mol. The monoisotopic (exact) mass is 259 g/mol. The minimum absolute atomic E-state index is 0.0819. The highest BCUT2D eigenvalue weighted by molar-refractivity contribution is 5.87. The number of aromatic carboxylic acids is 1. The molecule has 0 radical (unpaired) electrons. The number of hydrogen-bond acceptors (Lipinski definition) is 4. The third kappa shape index (κ3) is 3.45. The van der Waals surface area contributed by atoms with Crippen LogP contribution < -0.4 is 9.47 Å². The molecule has 0 saturated carbocycles. The smallest absolute Gasteiger partial charge is 0.337 e. The van der Waals surface area contributed by atoms with Crippen LogP contribution in [0.3, 0.4) is 0 Å². The summed E-state index contributed by atoms with van der Waals surface area (Å²) in [6.07, 6.45) is 2.73. The lowest BCUT2D eigenvalue weighted by Crippen LogP contribution is -1.97. The van der Waals surface area contributed by atoms with Crippen LogP contribution in [0.1, 0.15) is 17.3 Å². The first-order chi connectivity index (χ1) is 9.19. The van der Waals surface area contributed by atoms with Crippen molar-refractivity contribution in [2.75, 3.05) is 6.61 Å². The predicted octanol–water partition coefficient (Wildman–Crippen LogP) is 2.97. The van der Waals surface area contributed by atoms with Crippen molar-refractivity contribution in [2.45, 2.75) is 6.92 Å². The van der Waals surface area contributed by atoms with Gasteiger partial charge >= 0.3 is 5.97 Å². The van der Waals surface area contributed by atoms with Gasteiger partial charge in [0.2, 0.25) is 0 Å². The fourth-order valence-electron chi connectivity index (χ4n) is 1.52. The summed E-state index contributed by atoms with van der Waals surface area (Å²) in [5.41, 5.74) is 0.0819. The molecular formula is C14H13NO4. The molecule has 2 aromatic rings. The number of rotatable bonds is 5. The molecule has 5 nitrogen and oxygen atoms in total. The van der Waals surface area contributed by atoms with Gasteiger partial charge < -0.3 is 14.6 Å². The maximum Gasteiger partial charge on any atom is 0.337 e. The Balaban J connectivity index is 2.18. The second-order valence-electron chi connectivity index (χ2n) is 3.72. The first-order valence-corrected chi connectivity index (χ1v) is 5.78. The van der Waals surface area contributed by atoms with E-state index in [2.05, 4.69) is 4.98 Å². The van der Waals surface area contributed by atoms with Crippen LogP contribution in [0, 0.1) is 0 Å². The van der Waals surface area contributed by atoms with Crippen molar-refractivity contribution in [2.24, 2.45) is 0 Å². The van der Waals surface area contributed by atoms with Gasteiger partial charge in [0.25, 0.3) is 0 Å². The zero-order valence-corrected chi connectivity index (χ0v) is 10.4. The minimum Gasteiger partial charge on any atom is -0.494 e. The molecule has 1 aromatic heterocycles. The fourth-order valence-corrected chi connectivity index (χ4v) is 1.52. The number of carboxylic acids is 1. The van der Waals surface area contributed by atoms with Crippen molar-refractivity contribution in [1.29, 1.82) is 0 Å². The van der Waals surface area contributed by atoms with Gasteiger partial charge in [0, 0.05) is 12.3 Å². The second-order valence-corrected chi connectivity index (χ2v) is 3.72. The molecule has 0 bridgehead atoms. The molecule has 98 valence electrons. The number of benzene rings is 1.